The van der Waals surface area contributed by atoms with Crippen LogP contribution in [0.15, 0.2) is 50.9 Å². The van der Waals surface area contributed by atoms with E-state index in [1.807, 2.05) is 0 Å². The number of aryl methyl sites for hydroxylation is 1. The Morgan fingerprint density at radius 2 is 1.70 bits per heavy atom. The molecule has 0 saturated heterocycles. The van der Waals surface area contributed by atoms with Crippen molar-refractivity contribution in [2.24, 2.45) is 7.05 Å². The van der Waals surface area contributed by atoms with Gasteiger partial charge in [0.05, 0.1) is 22.5 Å². The fourth-order valence-electron chi connectivity index (χ4n) is 3.15. The zero-order chi connectivity index (χ0) is 24.1. The van der Waals surface area contributed by atoms with Crippen LogP contribution in [0.5, 0.6) is 0 Å². The molecule has 11 nitrogen and oxygen atoms in total. The number of pyridine rings is 1. The summed E-state index contributed by atoms with van der Waals surface area (Å²) in [6.07, 6.45) is -3.69. The number of hydrogen-bond donors (Lipinski definition) is 0. The second kappa shape index (κ2) is 7.61. The molecule has 0 aliphatic carbocycles. The van der Waals surface area contributed by atoms with Gasteiger partial charge in [0.15, 0.2) is 15.7 Å². The maximum atomic E-state index is 13.0. The topological polar surface area (TPSA) is 135 Å². The normalized spacial score (nSPS) is 12.4. The molecular formula is C18H14F3N7O4S. The highest BCUT2D eigenvalue weighted by Gasteiger charge is 2.33. The fourth-order valence-corrected chi connectivity index (χ4v) is 3.78. The van der Waals surface area contributed by atoms with Gasteiger partial charge in [-0.25, -0.2) is 18.2 Å². The highest BCUT2D eigenvalue weighted by Crippen LogP contribution is 2.28. The smallest absolute Gasteiger partial charge is 0.280 e. The molecule has 0 fully saturated rings. The van der Waals surface area contributed by atoms with Crippen LogP contribution < -0.4 is 11.2 Å². The minimum Gasteiger partial charge on any atom is -0.280 e. The van der Waals surface area contributed by atoms with E-state index in [-0.39, 0.29) is 16.1 Å². The number of nitrogens with zero attached hydrogens (tertiary/aromatic N) is 7. The second-order valence-corrected chi connectivity index (χ2v) is 9.09. The van der Waals surface area contributed by atoms with Crippen LogP contribution in [0, 0.1) is 0 Å². The minimum absolute atomic E-state index is 0.0560. The molecule has 0 N–H and O–H groups in total. The van der Waals surface area contributed by atoms with Gasteiger partial charge in [0.1, 0.15) is 11.3 Å². The summed E-state index contributed by atoms with van der Waals surface area (Å²) in [5.74, 6) is 0.0560. The molecule has 0 atom stereocenters. The Morgan fingerprint density at radius 1 is 1.03 bits per heavy atom. The molecule has 3 heterocycles. The highest BCUT2D eigenvalue weighted by molar-refractivity contribution is 7.90. The molecule has 3 aromatic heterocycles. The number of rotatable bonds is 4. The Labute approximate surface area is 182 Å². The number of aromatic nitrogens is 7. The Bertz CT molecular complexity index is 1600. The molecule has 0 radical (unpaired) electrons. The van der Waals surface area contributed by atoms with Crippen LogP contribution in [0.3, 0.4) is 0 Å². The first-order valence-corrected chi connectivity index (χ1v) is 11.0. The van der Waals surface area contributed by atoms with Gasteiger partial charge in [0.25, 0.3) is 5.56 Å². The van der Waals surface area contributed by atoms with Gasteiger partial charge in [-0.2, -0.15) is 17.9 Å². The monoisotopic (exact) mass is 481 g/mol. The van der Waals surface area contributed by atoms with Gasteiger partial charge in [-0.3, -0.25) is 13.9 Å². The lowest BCUT2D eigenvalue weighted by Crippen LogP contribution is -2.40. The average molecular weight is 481 g/mol. The molecule has 0 amide bonds. The highest BCUT2D eigenvalue weighted by atomic mass is 32.2. The molecule has 0 saturated carbocycles. The van der Waals surface area contributed by atoms with Gasteiger partial charge in [0, 0.05) is 13.3 Å². The maximum Gasteiger partial charge on any atom is 0.433 e. The predicted molar refractivity (Wildman–Crippen MR) is 108 cm³/mol. The van der Waals surface area contributed by atoms with Crippen molar-refractivity contribution in [3.8, 4) is 5.69 Å². The van der Waals surface area contributed by atoms with E-state index in [1.165, 1.54) is 36.0 Å². The summed E-state index contributed by atoms with van der Waals surface area (Å²) in [5.41, 5.74) is -3.06. The Hall–Kier alpha value is -3.88. The molecule has 172 valence electrons. The van der Waals surface area contributed by atoms with E-state index in [0.717, 1.165) is 21.5 Å². The first kappa shape index (κ1) is 22.3. The minimum atomic E-state index is -4.74. The summed E-state index contributed by atoms with van der Waals surface area (Å²) in [4.78, 5) is 29.1. The summed E-state index contributed by atoms with van der Waals surface area (Å²) >= 11 is 0. The number of alkyl halides is 3. The molecule has 0 spiro atoms. The zero-order valence-corrected chi connectivity index (χ0v) is 17.8. The molecule has 15 heteroatoms. The molecule has 0 aliphatic heterocycles. The van der Waals surface area contributed by atoms with E-state index in [2.05, 4.69) is 20.5 Å². The SMILES string of the molecule is Cn1c(=O)n(Cc2nnnn2-c2ccc(S(C)(=O)=O)cc2)c(=O)c2ccc(C(F)(F)F)nc21. The lowest BCUT2D eigenvalue weighted by molar-refractivity contribution is -0.141. The number of benzene rings is 1. The van der Waals surface area contributed by atoms with Crippen molar-refractivity contribution in [2.45, 2.75) is 17.6 Å². The molecule has 4 aromatic rings. The van der Waals surface area contributed by atoms with Crippen molar-refractivity contribution in [3.05, 3.63) is 68.8 Å². The van der Waals surface area contributed by atoms with Crippen LogP contribution in [-0.4, -0.2) is 49.0 Å². The number of hydrogen-bond acceptors (Lipinski definition) is 8. The maximum absolute atomic E-state index is 13.0. The number of fused-ring (bicyclic) bond motifs is 1. The van der Waals surface area contributed by atoms with Crippen molar-refractivity contribution >= 4 is 20.9 Å². The Morgan fingerprint density at radius 3 is 2.30 bits per heavy atom. The van der Waals surface area contributed by atoms with E-state index < -0.39 is 45.1 Å². The van der Waals surface area contributed by atoms with Crippen LogP contribution >= 0.6 is 0 Å². The van der Waals surface area contributed by atoms with Crippen molar-refractivity contribution in [2.75, 3.05) is 6.26 Å². The molecule has 4 rings (SSSR count). The van der Waals surface area contributed by atoms with E-state index in [9.17, 15) is 31.2 Å². The average Bonchev–Trinajstić information content (AvgIpc) is 3.22. The third-order valence-corrected chi connectivity index (χ3v) is 5.95. The first-order chi connectivity index (χ1) is 15.4. The third-order valence-electron chi connectivity index (χ3n) is 4.82. The number of halogens is 3. The van der Waals surface area contributed by atoms with Crippen molar-refractivity contribution in [1.82, 2.24) is 34.3 Å². The van der Waals surface area contributed by atoms with Crippen molar-refractivity contribution < 1.29 is 21.6 Å². The fraction of sp³-hybridized carbons (Fsp3) is 0.222. The standard InChI is InChI=1S/C18H14F3N7O4S/c1-26-15-12(7-8-13(22-15)18(19,20)21)16(29)27(17(26)30)9-14-23-24-25-28(14)10-3-5-11(6-4-10)33(2,31)32/h3-8H,9H2,1-2H3. The van der Waals surface area contributed by atoms with Crippen LogP contribution in [0.1, 0.15) is 11.5 Å². The summed E-state index contributed by atoms with van der Waals surface area (Å²) < 4.78 is 65.0. The Balaban J connectivity index is 1.79. The van der Waals surface area contributed by atoms with E-state index >= 15 is 0 Å². The summed E-state index contributed by atoms with van der Waals surface area (Å²) in [7, 11) is -2.23. The van der Waals surface area contributed by atoms with Gasteiger partial charge in [-0.1, -0.05) is 0 Å². The summed E-state index contributed by atoms with van der Waals surface area (Å²) in [6, 6.07) is 7.20. The van der Waals surface area contributed by atoms with E-state index in [4.69, 9.17) is 0 Å². The van der Waals surface area contributed by atoms with Gasteiger partial charge < -0.3 is 0 Å². The largest absolute Gasteiger partial charge is 0.433 e. The van der Waals surface area contributed by atoms with Crippen molar-refractivity contribution in [3.63, 3.8) is 0 Å². The van der Waals surface area contributed by atoms with Gasteiger partial charge in [-0.05, 0) is 46.8 Å². The zero-order valence-electron chi connectivity index (χ0n) is 17.0. The molecular weight excluding hydrogens is 467 g/mol. The molecule has 33 heavy (non-hydrogen) atoms. The van der Waals surface area contributed by atoms with Crippen LogP contribution in [0.25, 0.3) is 16.7 Å². The molecule has 1 aromatic carbocycles. The Kier molecular flexibility index (Phi) is 5.15. The lowest BCUT2D eigenvalue weighted by Gasteiger charge is -2.12. The second-order valence-electron chi connectivity index (χ2n) is 7.07. The van der Waals surface area contributed by atoms with E-state index in [0.29, 0.717) is 11.8 Å². The van der Waals surface area contributed by atoms with Crippen LogP contribution in [0.2, 0.25) is 0 Å². The van der Waals surface area contributed by atoms with Gasteiger partial charge >= 0.3 is 11.9 Å². The predicted octanol–water partition coefficient (Wildman–Crippen LogP) is 0.542. The lowest BCUT2D eigenvalue weighted by atomic mass is 10.2. The molecule has 0 unspecified atom stereocenters. The van der Waals surface area contributed by atoms with Crippen LogP contribution in [0.4, 0.5) is 13.2 Å². The third kappa shape index (κ3) is 4.02. The number of sulfone groups is 1. The molecule has 0 aliphatic rings. The van der Waals surface area contributed by atoms with E-state index in [1.54, 1.807) is 0 Å². The van der Waals surface area contributed by atoms with Gasteiger partial charge in [-0.15, -0.1) is 5.10 Å². The van der Waals surface area contributed by atoms with Crippen LogP contribution in [-0.2, 0) is 29.6 Å². The van der Waals surface area contributed by atoms with Crippen molar-refractivity contribution in [1.29, 1.82) is 0 Å². The first-order valence-electron chi connectivity index (χ1n) is 9.13. The summed E-state index contributed by atoms with van der Waals surface area (Å²) in [5, 5.41) is 10.9. The number of tetrazole rings is 1. The van der Waals surface area contributed by atoms with Gasteiger partial charge in [0.2, 0.25) is 0 Å². The summed E-state index contributed by atoms with van der Waals surface area (Å²) in [6.45, 7) is -0.400. The quantitative estimate of drug-likeness (QED) is 0.412. The molecule has 0 bridgehead atoms.